The van der Waals surface area contributed by atoms with Crippen molar-refractivity contribution in [1.82, 2.24) is 25.0 Å². The van der Waals surface area contributed by atoms with Crippen LogP contribution in [0.1, 0.15) is 70.9 Å². The maximum absolute atomic E-state index is 11.8. The Bertz CT molecular complexity index is 1030. The van der Waals surface area contributed by atoms with E-state index in [0.717, 1.165) is 56.4 Å². The molecule has 3 aliphatic carbocycles. The smallest absolute Gasteiger partial charge is 0.220 e. The Labute approximate surface area is 197 Å². The van der Waals surface area contributed by atoms with Crippen LogP contribution in [-0.2, 0) is 11.3 Å². The topological polar surface area (TPSA) is 63.1 Å². The molecule has 0 spiro atoms. The predicted octanol–water partition coefficient (Wildman–Crippen LogP) is 4.52. The molecule has 1 aliphatic heterocycles. The molecular weight excluding hydrogens is 410 g/mol. The summed E-state index contributed by atoms with van der Waals surface area (Å²) >= 11 is 0. The number of allylic oxidation sites excluding steroid dienone is 1. The van der Waals surface area contributed by atoms with E-state index in [1.165, 1.54) is 23.9 Å². The van der Waals surface area contributed by atoms with Crippen LogP contribution in [0, 0.1) is 17.3 Å². The molecule has 6 nitrogen and oxygen atoms in total. The Morgan fingerprint density at radius 3 is 2.82 bits per heavy atom. The first kappa shape index (κ1) is 22.6. The second-order valence-corrected chi connectivity index (χ2v) is 11.0. The van der Waals surface area contributed by atoms with Crippen molar-refractivity contribution in [2.75, 3.05) is 26.2 Å². The third-order valence-corrected chi connectivity index (χ3v) is 8.62. The number of piperidine rings is 1. The van der Waals surface area contributed by atoms with E-state index in [9.17, 15) is 4.79 Å². The number of pyridine rings is 1. The first-order chi connectivity index (χ1) is 16.0. The van der Waals surface area contributed by atoms with E-state index in [2.05, 4.69) is 41.2 Å². The van der Waals surface area contributed by atoms with Crippen LogP contribution in [0.25, 0.3) is 11.0 Å². The van der Waals surface area contributed by atoms with Crippen LogP contribution in [-0.4, -0.2) is 51.8 Å². The molecule has 1 saturated carbocycles. The van der Waals surface area contributed by atoms with Gasteiger partial charge in [-0.25, -0.2) is 9.67 Å². The van der Waals surface area contributed by atoms with Gasteiger partial charge in [0, 0.05) is 37.0 Å². The number of aromatic nitrogens is 3. The molecule has 33 heavy (non-hydrogen) atoms. The van der Waals surface area contributed by atoms with Gasteiger partial charge < -0.3 is 5.32 Å². The average Bonchev–Trinajstić information content (AvgIpc) is 3.18. The van der Waals surface area contributed by atoms with Crippen molar-refractivity contribution in [1.29, 1.82) is 0 Å². The predicted molar refractivity (Wildman–Crippen MR) is 132 cm³/mol. The zero-order valence-corrected chi connectivity index (χ0v) is 20.5. The standard InChI is InChI=1S/C27H39N5O/c1-4-6-24(33)28-13-16-32-26-22(7-5-12-29-26)25(30-32)19-10-14-31(15-11-19)18-20-8-9-21-17-23(20)27(21,2)3/h5,7-8,12,19,21,23H,4,6,9-11,13-18H2,1-3H3,(H,28,33)/t21-,23+/m0/s1. The molecule has 2 aromatic rings. The molecule has 0 radical (unpaired) electrons. The van der Waals surface area contributed by atoms with Gasteiger partial charge in [-0.15, -0.1) is 0 Å². The molecular formula is C27H39N5O. The van der Waals surface area contributed by atoms with E-state index >= 15 is 0 Å². The minimum atomic E-state index is 0.114. The van der Waals surface area contributed by atoms with Crippen LogP contribution < -0.4 is 5.32 Å². The molecule has 1 amide bonds. The van der Waals surface area contributed by atoms with Crippen molar-refractivity contribution >= 4 is 16.9 Å². The third kappa shape index (κ3) is 4.34. The molecule has 6 rings (SSSR count). The monoisotopic (exact) mass is 449 g/mol. The molecule has 178 valence electrons. The summed E-state index contributed by atoms with van der Waals surface area (Å²) in [6, 6.07) is 4.17. The number of likely N-dealkylation sites (tertiary alicyclic amines) is 1. The molecule has 0 unspecified atom stereocenters. The van der Waals surface area contributed by atoms with E-state index in [4.69, 9.17) is 5.10 Å². The Kier molecular flexibility index (Phi) is 6.30. The Hall–Kier alpha value is -2.21. The van der Waals surface area contributed by atoms with Gasteiger partial charge >= 0.3 is 0 Å². The highest BCUT2D eigenvalue weighted by Crippen LogP contribution is 2.59. The zero-order valence-electron chi connectivity index (χ0n) is 20.5. The maximum atomic E-state index is 11.8. The van der Waals surface area contributed by atoms with Gasteiger partial charge in [0.15, 0.2) is 5.65 Å². The van der Waals surface area contributed by atoms with E-state index in [1.54, 1.807) is 5.57 Å². The number of nitrogens with one attached hydrogen (secondary N) is 1. The van der Waals surface area contributed by atoms with E-state index in [-0.39, 0.29) is 5.91 Å². The van der Waals surface area contributed by atoms with Gasteiger partial charge in [0.05, 0.1) is 12.2 Å². The highest BCUT2D eigenvalue weighted by atomic mass is 16.1. The van der Waals surface area contributed by atoms with Gasteiger partial charge in [-0.1, -0.05) is 32.4 Å². The van der Waals surface area contributed by atoms with Crippen LogP contribution in [0.3, 0.4) is 0 Å². The summed E-state index contributed by atoms with van der Waals surface area (Å²) in [5, 5.41) is 9.18. The van der Waals surface area contributed by atoms with Crippen LogP contribution >= 0.6 is 0 Å². The number of amides is 1. The molecule has 0 aromatic carbocycles. The van der Waals surface area contributed by atoms with Gasteiger partial charge in [0.25, 0.3) is 0 Å². The largest absolute Gasteiger partial charge is 0.354 e. The lowest BCUT2D eigenvalue weighted by Gasteiger charge is -2.57. The number of carbonyl (C=O) groups excluding carboxylic acids is 1. The summed E-state index contributed by atoms with van der Waals surface area (Å²) in [6.45, 7) is 11.6. The van der Waals surface area contributed by atoms with E-state index in [1.807, 2.05) is 23.9 Å². The summed E-state index contributed by atoms with van der Waals surface area (Å²) in [5.74, 6) is 2.31. The fraction of sp³-hybridized carbons (Fsp3) is 0.667. The second kappa shape index (κ2) is 9.21. The van der Waals surface area contributed by atoms with Crippen molar-refractivity contribution in [2.45, 2.75) is 71.8 Å². The molecule has 1 N–H and O–H groups in total. The SMILES string of the molecule is CCCC(=O)NCCn1nc(C2CCN(CC3=CC[C@H]4C[C@H]3C4(C)C)CC2)c2cccnc21. The number of fused-ring (bicyclic) bond motifs is 2. The number of hydrogen-bond acceptors (Lipinski definition) is 4. The molecule has 3 heterocycles. The lowest BCUT2D eigenvalue weighted by atomic mass is 9.49. The highest BCUT2D eigenvalue weighted by Gasteiger charge is 2.51. The van der Waals surface area contributed by atoms with E-state index < -0.39 is 0 Å². The van der Waals surface area contributed by atoms with Crippen LogP contribution in [0.2, 0.25) is 0 Å². The zero-order chi connectivity index (χ0) is 23.0. The van der Waals surface area contributed by atoms with Crippen molar-refractivity contribution in [2.24, 2.45) is 17.3 Å². The molecule has 4 aliphatic rings. The number of nitrogens with zero attached hydrogens (tertiary/aromatic N) is 4. The van der Waals surface area contributed by atoms with Crippen molar-refractivity contribution in [3.05, 3.63) is 35.7 Å². The van der Waals surface area contributed by atoms with Crippen molar-refractivity contribution < 1.29 is 4.79 Å². The van der Waals surface area contributed by atoms with E-state index in [0.29, 0.717) is 30.8 Å². The fourth-order valence-corrected chi connectivity index (χ4v) is 6.39. The lowest BCUT2D eigenvalue weighted by Crippen LogP contribution is -2.50. The number of hydrogen-bond donors (Lipinski definition) is 1. The van der Waals surface area contributed by atoms with Gasteiger partial charge in [-0.3, -0.25) is 9.69 Å². The molecule has 1 saturated heterocycles. The van der Waals surface area contributed by atoms with Crippen LogP contribution in [0.5, 0.6) is 0 Å². The van der Waals surface area contributed by atoms with Crippen LogP contribution in [0.15, 0.2) is 30.0 Å². The number of carbonyl (C=O) groups is 1. The minimum Gasteiger partial charge on any atom is -0.354 e. The summed E-state index contributed by atoms with van der Waals surface area (Å²) in [6.07, 6.45) is 10.8. The Morgan fingerprint density at radius 1 is 1.27 bits per heavy atom. The summed E-state index contributed by atoms with van der Waals surface area (Å²) in [7, 11) is 0. The van der Waals surface area contributed by atoms with Gasteiger partial charge in [-0.2, -0.15) is 5.10 Å². The van der Waals surface area contributed by atoms with Crippen molar-refractivity contribution in [3.63, 3.8) is 0 Å². The average molecular weight is 450 g/mol. The Morgan fingerprint density at radius 2 is 2.09 bits per heavy atom. The second-order valence-electron chi connectivity index (χ2n) is 11.0. The minimum absolute atomic E-state index is 0.114. The maximum Gasteiger partial charge on any atom is 0.220 e. The Balaban J connectivity index is 1.22. The molecule has 2 atom stereocenters. The molecule has 2 fully saturated rings. The lowest BCUT2D eigenvalue weighted by molar-refractivity contribution is -0.121. The van der Waals surface area contributed by atoms with Gasteiger partial charge in [0.2, 0.25) is 5.91 Å². The summed E-state index contributed by atoms with van der Waals surface area (Å²) in [5.41, 5.74) is 4.34. The van der Waals surface area contributed by atoms with Gasteiger partial charge in [-0.05, 0) is 74.6 Å². The third-order valence-electron chi connectivity index (χ3n) is 8.62. The van der Waals surface area contributed by atoms with Crippen LogP contribution in [0.4, 0.5) is 0 Å². The highest BCUT2D eigenvalue weighted by molar-refractivity contribution is 5.79. The van der Waals surface area contributed by atoms with Crippen molar-refractivity contribution in [3.8, 4) is 0 Å². The fourth-order valence-electron chi connectivity index (χ4n) is 6.39. The number of rotatable bonds is 8. The first-order valence-electron chi connectivity index (χ1n) is 13.0. The summed E-state index contributed by atoms with van der Waals surface area (Å²) < 4.78 is 1.99. The molecule has 2 bridgehead atoms. The first-order valence-corrected chi connectivity index (χ1v) is 13.0. The normalized spacial score (nSPS) is 25.0. The molecule has 6 heteroatoms. The quantitative estimate of drug-likeness (QED) is 0.602. The molecule has 2 aromatic heterocycles. The summed E-state index contributed by atoms with van der Waals surface area (Å²) in [4.78, 5) is 19.1. The van der Waals surface area contributed by atoms with Gasteiger partial charge in [0.1, 0.15) is 0 Å².